The van der Waals surface area contributed by atoms with Crippen LogP contribution >= 0.6 is 0 Å². The lowest BCUT2D eigenvalue weighted by molar-refractivity contribution is -0.0497. The van der Waals surface area contributed by atoms with Gasteiger partial charge in [-0.05, 0) is 31.6 Å². The number of aliphatic hydroxyl groups is 2. The third-order valence-electron chi connectivity index (χ3n) is 3.42. The maximum atomic E-state index is 9.67. The molecule has 1 fully saturated rings. The van der Waals surface area contributed by atoms with E-state index in [4.69, 9.17) is 0 Å². The van der Waals surface area contributed by atoms with Crippen molar-refractivity contribution in [3.63, 3.8) is 0 Å². The van der Waals surface area contributed by atoms with Crippen molar-refractivity contribution in [2.45, 2.75) is 45.8 Å². The molecule has 0 aromatic rings. The Bertz CT molecular complexity index is 145. The van der Waals surface area contributed by atoms with E-state index >= 15 is 0 Å². The van der Waals surface area contributed by atoms with Gasteiger partial charge in [0.2, 0.25) is 0 Å². The quantitative estimate of drug-likeness (QED) is 0.628. The minimum atomic E-state index is -0.377. The summed E-state index contributed by atoms with van der Waals surface area (Å²) in [5, 5.41) is 19.1. The fraction of sp³-hybridized carbons (Fsp3) is 1.00. The van der Waals surface area contributed by atoms with Crippen LogP contribution in [0.5, 0.6) is 0 Å². The summed E-state index contributed by atoms with van der Waals surface area (Å²) in [4.78, 5) is 0. The number of rotatable bonds is 1. The maximum Gasteiger partial charge on any atom is 0.0595 e. The molecule has 0 spiro atoms. The molecule has 0 aromatic heterocycles. The second-order valence-electron chi connectivity index (χ2n) is 4.30. The summed E-state index contributed by atoms with van der Waals surface area (Å²) in [6, 6.07) is 0. The van der Waals surface area contributed by atoms with E-state index in [1.54, 1.807) is 6.92 Å². The molecule has 2 nitrogen and oxygen atoms in total. The summed E-state index contributed by atoms with van der Waals surface area (Å²) in [5.74, 6) is 1.15. The van der Waals surface area contributed by atoms with E-state index in [9.17, 15) is 10.2 Å². The number of hydrogen-bond acceptors (Lipinski definition) is 2. The molecule has 0 amide bonds. The van der Waals surface area contributed by atoms with Crippen LogP contribution < -0.4 is 0 Å². The molecule has 0 heterocycles. The number of aliphatic hydroxyl groups excluding tert-OH is 2. The normalized spacial score (nSPS) is 45.8. The Morgan fingerprint density at radius 3 is 2.25 bits per heavy atom. The van der Waals surface area contributed by atoms with Gasteiger partial charge in [0, 0.05) is 5.92 Å². The Hall–Kier alpha value is -0.0800. The van der Waals surface area contributed by atoms with Gasteiger partial charge in [-0.2, -0.15) is 0 Å². The summed E-state index contributed by atoms with van der Waals surface area (Å²) in [6.07, 6.45) is 1.26. The Kier molecular flexibility index (Phi) is 3.13. The highest BCUT2D eigenvalue weighted by atomic mass is 16.3. The second-order valence-corrected chi connectivity index (χ2v) is 4.30. The van der Waals surface area contributed by atoms with Crippen LogP contribution in [0.4, 0.5) is 0 Å². The number of hydrogen-bond donors (Lipinski definition) is 2. The summed E-state index contributed by atoms with van der Waals surface area (Å²) >= 11 is 0. The highest BCUT2D eigenvalue weighted by Crippen LogP contribution is 2.36. The van der Waals surface area contributed by atoms with E-state index in [0.29, 0.717) is 11.8 Å². The van der Waals surface area contributed by atoms with E-state index in [2.05, 4.69) is 13.8 Å². The fourth-order valence-electron chi connectivity index (χ4n) is 2.38. The van der Waals surface area contributed by atoms with Gasteiger partial charge in [0.15, 0.2) is 0 Å². The molecule has 1 rings (SSSR count). The van der Waals surface area contributed by atoms with Gasteiger partial charge in [-0.15, -0.1) is 0 Å². The molecule has 5 unspecified atom stereocenters. The highest BCUT2D eigenvalue weighted by Gasteiger charge is 2.36. The molecule has 2 N–H and O–H groups in total. The molecule has 1 aliphatic carbocycles. The summed E-state index contributed by atoms with van der Waals surface area (Å²) in [6.45, 7) is 6.11. The smallest absolute Gasteiger partial charge is 0.0595 e. The zero-order valence-electron chi connectivity index (χ0n) is 8.20. The van der Waals surface area contributed by atoms with Crippen molar-refractivity contribution in [1.29, 1.82) is 0 Å². The van der Waals surface area contributed by atoms with E-state index in [1.807, 2.05) is 0 Å². The predicted molar refractivity (Wildman–Crippen MR) is 48.7 cm³/mol. The topological polar surface area (TPSA) is 40.5 Å². The first-order valence-electron chi connectivity index (χ1n) is 4.90. The first-order chi connectivity index (χ1) is 5.54. The Balaban J connectivity index is 2.65. The highest BCUT2D eigenvalue weighted by molar-refractivity contribution is 4.86. The third kappa shape index (κ3) is 1.80. The minimum Gasteiger partial charge on any atom is -0.393 e. The van der Waals surface area contributed by atoms with Crippen LogP contribution in [0.3, 0.4) is 0 Å². The predicted octanol–water partition coefficient (Wildman–Crippen LogP) is 1.41. The molecule has 12 heavy (non-hydrogen) atoms. The van der Waals surface area contributed by atoms with Crippen LogP contribution in [0.25, 0.3) is 0 Å². The molecular weight excluding hydrogens is 152 g/mol. The van der Waals surface area contributed by atoms with E-state index < -0.39 is 0 Å². The van der Waals surface area contributed by atoms with Gasteiger partial charge < -0.3 is 10.2 Å². The van der Waals surface area contributed by atoms with Crippen molar-refractivity contribution in [3.05, 3.63) is 0 Å². The van der Waals surface area contributed by atoms with Crippen LogP contribution in [0, 0.1) is 17.8 Å². The molecule has 0 aliphatic heterocycles. The molecule has 0 aromatic carbocycles. The van der Waals surface area contributed by atoms with Gasteiger partial charge >= 0.3 is 0 Å². The standard InChI is InChI=1S/C10H20O2/c1-6-4-5-9(12)10(7(6)2)8(3)11/h6-12H,4-5H2,1-3H3. The molecule has 72 valence electrons. The van der Waals surface area contributed by atoms with Crippen molar-refractivity contribution in [2.75, 3.05) is 0 Å². The molecule has 0 saturated heterocycles. The molecule has 5 atom stereocenters. The zero-order valence-corrected chi connectivity index (χ0v) is 8.20. The lowest BCUT2D eigenvalue weighted by Crippen LogP contribution is -2.41. The molecule has 2 heteroatoms. The van der Waals surface area contributed by atoms with Gasteiger partial charge in [-0.3, -0.25) is 0 Å². The minimum absolute atomic E-state index is 0.0775. The third-order valence-corrected chi connectivity index (χ3v) is 3.42. The SMILES string of the molecule is CC(O)C1C(O)CCC(C)C1C. The summed E-state index contributed by atoms with van der Waals surface area (Å²) in [5.41, 5.74) is 0. The first kappa shape index (κ1) is 10.0. The molecule has 1 saturated carbocycles. The summed E-state index contributed by atoms with van der Waals surface area (Å²) in [7, 11) is 0. The van der Waals surface area contributed by atoms with E-state index in [0.717, 1.165) is 12.8 Å². The monoisotopic (exact) mass is 172 g/mol. The van der Waals surface area contributed by atoms with Crippen molar-refractivity contribution in [2.24, 2.45) is 17.8 Å². The molecular formula is C10H20O2. The average Bonchev–Trinajstić information content (AvgIpc) is 1.97. The van der Waals surface area contributed by atoms with Crippen LogP contribution in [0.1, 0.15) is 33.6 Å². The van der Waals surface area contributed by atoms with Gasteiger partial charge in [-0.1, -0.05) is 13.8 Å². The van der Waals surface area contributed by atoms with Gasteiger partial charge in [0.1, 0.15) is 0 Å². The first-order valence-corrected chi connectivity index (χ1v) is 4.90. The second kappa shape index (κ2) is 3.75. The largest absolute Gasteiger partial charge is 0.393 e. The average molecular weight is 172 g/mol. The van der Waals surface area contributed by atoms with Gasteiger partial charge in [-0.25, -0.2) is 0 Å². The van der Waals surface area contributed by atoms with Crippen LogP contribution in [0.15, 0.2) is 0 Å². The Morgan fingerprint density at radius 1 is 1.25 bits per heavy atom. The molecule has 0 bridgehead atoms. The van der Waals surface area contributed by atoms with Crippen LogP contribution in [-0.2, 0) is 0 Å². The van der Waals surface area contributed by atoms with E-state index in [1.165, 1.54) is 0 Å². The molecule has 0 radical (unpaired) electrons. The fourth-order valence-corrected chi connectivity index (χ4v) is 2.38. The Morgan fingerprint density at radius 2 is 1.83 bits per heavy atom. The molecule has 1 aliphatic rings. The lowest BCUT2D eigenvalue weighted by Gasteiger charge is -2.39. The van der Waals surface area contributed by atoms with Crippen LogP contribution in [-0.4, -0.2) is 22.4 Å². The van der Waals surface area contributed by atoms with Gasteiger partial charge in [0.05, 0.1) is 12.2 Å². The lowest BCUT2D eigenvalue weighted by atomic mass is 9.70. The van der Waals surface area contributed by atoms with E-state index in [-0.39, 0.29) is 18.1 Å². The van der Waals surface area contributed by atoms with Crippen LogP contribution in [0.2, 0.25) is 0 Å². The maximum absolute atomic E-state index is 9.67. The van der Waals surface area contributed by atoms with Crippen molar-refractivity contribution < 1.29 is 10.2 Å². The van der Waals surface area contributed by atoms with Crippen molar-refractivity contribution in [1.82, 2.24) is 0 Å². The zero-order chi connectivity index (χ0) is 9.30. The van der Waals surface area contributed by atoms with Crippen molar-refractivity contribution >= 4 is 0 Å². The Labute approximate surface area is 74.6 Å². The van der Waals surface area contributed by atoms with Crippen molar-refractivity contribution in [3.8, 4) is 0 Å². The summed E-state index contributed by atoms with van der Waals surface area (Å²) < 4.78 is 0. The van der Waals surface area contributed by atoms with Gasteiger partial charge in [0.25, 0.3) is 0 Å².